The highest BCUT2D eigenvalue weighted by atomic mass is 19.4. The Hall–Kier alpha value is -3.93. The molecule has 0 atom stereocenters. The molecule has 0 unspecified atom stereocenters. The van der Waals surface area contributed by atoms with E-state index >= 15 is 0 Å². The maximum Gasteiger partial charge on any atom is 0.573 e. The fourth-order valence-electron chi connectivity index (χ4n) is 2.80. The van der Waals surface area contributed by atoms with Crippen LogP contribution in [-0.4, -0.2) is 31.3 Å². The zero-order valence-corrected chi connectivity index (χ0v) is 16.1. The van der Waals surface area contributed by atoms with Crippen LogP contribution >= 0.6 is 0 Å². The van der Waals surface area contributed by atoms with E-state index in [2.05, 4.69) is 30.4 Å². The fourth-order valence-corrected chi connectivity index (χ4v) is 2.80. The van der Waals surface area contributed by atoms with Gasteiger partial charge in [0.15, 0.2) is 5.69 Å². The van der Waals surface area contributed by atoms with Crippen LogP contribution in [0.3, 0.4) is 0 Å². The largest absolute Gasteiger partial charge is 0.573 e. The highest BCUT2D eigenvalue weighted by molar-refractivity contribution is 5.58. The van der Waals surface area contributed by atoms with Crippen molar-refractivity contribution in [3.05, 3.63) is 59.9 Å². The molecule has 0 aliphatic rings. The average molecular weight is 431 g/mol. The van der Waals surface area contributed by atoms with Gasteiger partial charge in [-0.25, -0.2) is 10.8 Å². The summed E-state index contributed by atoms with van der Waals surface area (Å²) >= 11 is 0. The predicted octanol–water partition coefficient (Wildman–Crippen LogP) is 3.54. The molecule has 12 heteroatoms. The average Bonchev–Trinajstić information content (AvgIpc) is 3.35. The standard InChI is InChI=1S/C19H16F3N7O2/c1-11-8-15(27-29(11)10-12-2-7-16(26-23)24-9-12)18-25-17(28-31-18)13-3-5-14(6-4-13)30-19(20,21)22/h2-9H,10,23H2,1H3,(H,24,26). The first-order valence-electron chi connectivity index (χ1n) is 8.97. The zero-order valence-electron chi connectivity index (χ0n) is 16.1. The Kier molecular flexibility index (Phi) is 5.29. The normalized spacial score (nSPS) is 11.5. The van der Waals surface area contributed by atoms with E-state index in [9.17, 15) is 13.2 Å². The molecule has 0 aliphatic carbocycles. The number of hydrazine groups is 1. The number of ether oxygens (including phenoxy) is 1. The van der Waals surface area contributed by atoms with Gasteiger partial charge >= 0.3 is 6.36 Å². The van der Waals surface area contributed by atoms with Gasteiger partial charge < -0.3 is 14.7 Å². The van der Waals surface area contributed by atoms with Crippen molar-refractivity contribution in [2.24, 2.45) is 5.84 Å². The number of halogens is 3. The number of rotatable bonds is 6. The lowest BCUT2D eigenvalue weighted by Gasteiger charge is -2.08. The summed E-state index contributed by atoms with van der Waals surface area (Å²) in [5.74, 6) is 5.94. The number of nitrogens with one attached hydrogen (secondary N) is 1. The van der Waals surface area contributed by atoms with Crippen LogP contribution in [0, 0.1) is 6.92 Å². The molecule has 0 saturated carbocycles. The van der Waals surface area contributed by atoms with Gasteiger partial charge in [0.05, 0.1) is 6.54 Å². The molecule has 1 aromatic carbocycles. The van der Waals surface area contributed by atoms with Gasteiger partial charge in [-0.05, 0) is 48.9 Å². The molecule has 4 rings (SSSR count). The molecule has 0 bridgehead atoms. The molecule has 3 N–H and O–H groups in total. The van der Waals surface area contributed by atoms with Crippen LogP contribution < -0.4 is 16.0 Å². The van der Waals surface area contributed by atoms with Gasteiger partial charge in [-0.2, -0.15) is 10.1 Å². The first-order chi connectivity index (χ1) is 14.8. The highest BCUT2D eigenvalue weighted by Gasteiger charge is 2.31. The zero-order chi connectivity index (χ0) is 22.0. The Morgan fingerprint density at radius 2 is 1.94 bits per heavy atom. The predicted molar refractivity (Wildman–Crippen MR) is 104 cm³/mol. The molecule has 0 saturated heterocycles. The Morgan fingerprint density at radius 1 is 1.16 bits per heavy atom. The molecule has 0 aliphatic heterocycles. The lowest BCUT2D eigenvalue weighted by atomic mass is 10.2. The van der Waals surface area contributed by atoms with Crippen LogP contribution in [-0.2, 0) is 6.54 Å². The summed E-state index contributed by atoms with van der Waals surface area (Å²) in [6.45, 7) is 2.36. The van der Waals surface area contributed by atoms with Gasteiger partial charge in [0.2, 0.25) is 5.82 Å². The van der Waals surface area contributed by atoms with Crippen LogP contribution in [0.5, 0.6) is 5.75 Å². The summed E-state index contributed by atoms with van der Waals surface area (Å²) in [6, 6.07) is 10.6. The van der Waals surface area contributed by atoms with Crippen molar-refractivity contribution in [2.75, 3.05) is 5.43 Å². The lowest BCUT2D eigenvalue weighted by molar-refractivity contribution is -0.274. The number of aromatic nitrogens is 5. The number of pyridine rings is 1. The number of alkyl halides is 3. The number of nitrogen functional groups attached to an aromatic ring is 1. The van der Waals surface area contributed by atoms with Crippen LogP contribution in [0.4, 0.5) is 19.0 Å². The second kappa shape index (κ2) is 8.07. The van der Waals surface area contributed by atoms with E-state index in [0.29, 0.717) is 23.6 Å². The summed E-state index contributed by atoms with van der Waals surface area (Å²) in [5.41, 5.74) is 5.20. The number of hydrogen-bond acceptors (Lipinski definition) is 8. The van der Waals surface area contributed by atoms with Crippen molar-refractivity contribution < 1.29 is 22.4 Å². The van der Waals surface area contributed by atoms with E-state index in [0.717, 1.165) is 11.3 Å². The molecular weight excluding hydrogens is 415 g/mol. The van der Waals surface area contributed by atoms with Gasteiger partial charge in [-0.15, -0.1) is 13.2 Å². The van der Waals surface area contributed by atoms with E-state index in [1.807, 2.05) is 13.0 Å². The Balaban J connectivity index is 1.50. The third kappa shape index (κ3) is 4.80. The number of aryl methyl sites for hydroxylation is 1. The van der Waals surface area contributed by atoms with Gasteiger partial charge in [0, 0.05) is 17.5 Å². The summed E-state index contributed by atoms with van der Waals surface area (Å²) in [5, 5.41) is 8.37. The molecule has 0 fully saturated rings. The number of hydrogen-bond donors (Lipinski definition) is 2. The second-order valence-corrected chi connectivity index (χ2v) is 6.52. The second-order valence-electron chi connectivity index (χ2n) is 6.52. The van der Waals surface area contributed by atoms with Crippen molar-refractivity contribution in [1.82, 2.24) is 24.9 Å². The fraction of sp³-hybridized carbons (Fsp3) is 0.158. The molecule has 0 radical (unpaired) electrons. The van der Waals surface area contributed by atoms with Crippen molar-refractivity contribution in [2.45, 2.75) is 19.8 Å². The van der Waals surface area contributed by atoms with E-state index < -0.39 is 6.36 Å². The first kappa shape index (κ1) is 20.3. The monoisotopic (exact) mass is 431 g/mol. The number of anilines is 1. The van der Waals surface area contributed by atoms with E-state index in [1.165, 1.54) is 24.3 Å². The van der Waals surface area contributed by atoms with Gasteiger partial charge in [0.25, 0.3) is 5.89 Å². The van der Waals surface area contributed by atoms with E-state index in [4.69, 9.17) is 10.4 Å². The number of nitrogens with zero attached hydrogens (tertiary/aromatic N) is 5. The highest BCUT2D eigenvalue weighted by Crippen LogP contribution is 2.27. The quantitative estimate of drug-likeness (QED) is 0.352. The Labute approximate surface area is 173 Å². The summed E-state index contributed by atoms with van der Waals surface area (Å²) < 4.78 is 47.7. The van der Waals surface area contributed by atoms with Gasteiger partial charge in [0.1, 0.15) is 11.6 Å². The van der Waals surface area contributed by atoms with Crippen LogP contribution in [0.25, 0.3) is 23.0 Å². The summed E-state index contributed by atoms with van der Waals surface area (Å²) in [4.78, 5) is 8.45. The van der Waals surface area contributed by atoms with Crippen LogP contribution in [0.1, 0.15) is 11.3 Å². The molecular formula is C19H16F3N7O2. The van der Waals surface area contributed by atoms with Crippen LogP contribution in [0.2, 0.25) is 0 Å². The number of nitrogens with two attached hydrogens (primary N) is 1. The first-order valence-corrected chi connectivity index (χ1v) is 8.97. The SMILES string of the molecule is Cc1cc(-c2nc(-c3ccc(OC(F)(F)F)cc3)no2)nn1Cc1ccc(NN)nc1. The van der Waals surface area contributed by atoms with Crippen molar-refractivity contribution in [3.8, 4) is 28.7 Å². The van der Waals surface area contributed by atoms with E-state index in [-0.39, 0.29) is 17.5 Å². The molecule has 4 aromatic rings. The minimum atomic E-state index is -4.75. The molecule has 0 spiro atoms. The third-order valence-electron chi connectivity index (χ3n) is 4.28. The third-order valence-corrected chi connectivity index (χ3v) is 4.28. The van der Waals surface area contributed by atoms with Crippen molar-refractivity contribution in [1.29, 1.82) is 0 Å². The summed E-state index contributed by atoms with van der Waals surface area (Å²) in [6.07, 6.45) is -3.07. The molecule has 3 heterocycles. The van der Waals surface area contributed by atoms with E-state index in [1.54, 1.807) is 23.0 Å². The maximum atomic E-state index is 12.3. The Morgan fingerprint density at radius 3 is 2.58 bits per heavy atom. The van der Waals surface area contributed by atoms with Crippen LogP contribution in [0.15, 0.2) is 53.2 Å². The molecule has 9 nitrogen and oxygen atoms in total. The topological polar surface area (TPSA) is 117 Å². The Bertz CT molecular complexity index is 1170. The molecule has 31 heavy (non-hydrogen) atoms. The van der Waals surface area contributed by atoms with Gasteiger partial charge in [-0.3, -0.25) is 4.68 Å². The number of benzene rings is 1. The summed E-state index contributed by atoms with van der Waals surface area (Å²) in [7, 11) is 0. The molecule has 3 aromatic heterocycles. The molecule has 160 valence electrons. The smallest absolute Gasteiger partial charge is 0.406 e. The van der Waals surface area contributed by atoms with Gasteiger partial charge in [-0.1, -0.05) is 11.2 Å². The maximum absolute atomic E-state index is 12.3. The van der Waals surface area contributed by atoms with Crippen molar-refractivity contribution in [3.63, 3.8) is 0 Å². The molecule has 0 amide bonds. The minimum absolute atomic E-state index is 0.188. The minimum Gasteiger partial charge on any atom is -0.406 e. The lowest BCUT2D eigenvalue weighted by Crippen LogP contribution is -2.16. The van der Waals surface area contributed by atoms with Crippen molar-refractivity contribution >= 4 is 5.82 Å².